The third kappa shape index (κ3) is 9.33. The number of nitrogens with one attached hydrogen (secondary N) is 1. The van der Waals surface area contributed by atoms with E-state index in [2.05, 4.69) is 5.32 Å². The van der Waals surface area contributed by atoms with E-state index >= 15 is 0 Å². The Morgan fingerprint density at radius 2 is 1.49 bits per heavy atom. The zero-order valence-electron chi connectivity index (χ0n) is 19.9. The minimum Gasteiger partial charge on any atom is -0.463 e. The quantitative estimate of drug-likeness (QED) is 0.354. The third-order valence-corrected chi connectivity index (χ3v) is 4.68. The van der Waals surface area contributed by atoms with Gasteiger partial charge in [-0.3, -0.25) is 19.2 Å². The molecule has 0 radical (unpaired) electrons. The highest BCUT2D eigenvalue weighted by atomic mass is 16.7. The van der Waals surface area contributed by atoms with E-state index in [0.717, 1.165) is 19.4 Å². The summed E-state index contributed by atoms with van der Waals surface area (Å²) in [5, 5.41) is 2.54. The first kappa shape index (κ1) is 27.7. The molecule has 1 amide bonds. The highest BCUT2D eigenvalue weighted by molar-refractivity contribution is 5.74. The SMILES string of the molecule is CC(=O)NC1C(OCC(=O)OCc2ccccc2)OC(COC(C)=O)C(OC(C)=O)C1OC(C)=O. The topological polar surface area (TPSA) is 153 Å². The second-order valence-corrected chi connectivity index (χ2v) is 7.68. The van der Waals surface area contributed by atoms with Gasteiger partial charge >= 0.3 is 23.9 Å². The van der Waals surface area contributed by atoms with Crippen LogP contribution in [0.5, 0.6) is 0 Å². The molecule has 1 aliphatic heterocycles. The molecule has 1 fully saturated rings. The lowest BCUT2D eigenvalue weighted by molar-refractivity contribution is -0.277. The molecular weight excluding hydrogens is 466 g/mol. The van der Waals surface area contributed by atoms with Gasteiger partial charge in [0.05, 0.1) is 0 Å². The molecule has 1 saturated heterocycles. The maximum Gasteiger partial charge on any atom is 0.332 e. The molecule has 192 valence electrons. The summed E-state index contributed by atoms with van der Waals surface area (Å²) in [6.45, 7) is 3.71. The van der Waals surface area contributed by atoms with Crippen molar-refractivity contribution in [1.82, 2.24) is 5.32 Å². The molecule has 0 aromatic heterocycles. The molecule has 1 N–H and O–H groups in total. The van der Waals surface area contributed by atoms with Gasteiger partial charge in [-0.15, -0.1) is 0 Å². The zero-order chi connectivity index (χ0) is 26.0. The van der Waals surface area contributed by atoms with Crippen LogP contribution in [0.25, 0.3) is 0 Å². The van der Waals surface area contributed by atoms with Gasteiger partial charge in [0.2, 0.25) is 5.91 Å². The van der Waals surface area contributed by atoms with Gasteiger partial charge in [-0.1, -0.05) is 30.3 Å². The number of rotatable bonds is 10. The van der Waals surface area contributed by atoms with E-state index < -0.39 is 67.0 Å². The second kappa shape index (κ2) is 13.4. The van der Waals surface area contributed by atoms with Gasteiger partial charge in [-0.05, 0) is 5.56 Å². The van der Waals surface area contributed by atoms with Gasteiger partial charge in [0.1, 0.15) is 32.0 Å². The smallest absolute Gasteiger partial charge is 0.332 e. The van der Waals surface area contributed by atoms with Crippen molar-refractivity contribution in [2.45, 2.75) is 64.9 Å². The summed E-state index contributed by atoms with van der Waals surface area (Å²) in [6.07, 6.45) is -5.01. The Hall–Kier alpha value is -3.51. The van der Waals surface area contributed by atoms with Crippen molar-refractivity contribution in [3.63, 3.8) is 0 Å². The first-order chi connectivity index (χ1) is 16.6. The van der Waals surface area contributed by atoms with Gasteiger partial charge in [-0.25, -0.2) is 4.79 Å². The van der Waals surface area contributed by atoms with Gasteiger partial charge in [-0.2, -0.15) is 0 Å². The Morgan fingerprint density at radius 1 is 0.857 bits per heavy atom. The lowest BCUT2D eigenvalue weighted by atomic mass is 9.96. The molecular formula is C23H29NO11. The average Bonchev–Trinajstić information content (AvgIpc) is 2.78. The summed E-state index contributed by atoms with van der Waals surface area (Å²) >= 11 is 0. The molecule has 12 nitrogen and oxygen atoms in total. The van der Waals surface area contributed by atoms with Crippen LogP contribution in [0.1, 0.15) is 33.3 Å². The molecule has 2 rings (SSSR count). The summed E-state index contributed by atoms with van der Waals surface area (Å²) < 4.78 is 32.2. The highest BCUT2D eigenvalue weighted by Crippen LogP contribution is 2.28. The fraction of sp³-hybridized carbons (Fsp3) is 0.522. The van der Waals surface area contributed by atoms with Gasteiger partial charge in [0.25, 0.3) is 0 Å². The van der Waals surface area contributed by atoms with Crippen LogP contribution < -0.4 is 5.32 Å². The number of hydrogen-bond acceptors (Lipinski definition) is 11. The molecule has 1 aromatic rings. The largest absolute Gasteiger partial charge is 0.463 e. The Bertz CT molecular complexity index is 904. The average molecular weight is 495 g/mol. The molecule has 35 heavy (non-hydrogen) atoms. The molecule has 5 atom stereocenters. The third-order valence-electron chi connectivity index (χ3n) is 4.68. The van der Waals surface area contributed by atoms with E-state index in [1.54, 1.807) is 24.3 Å². The van der Waals surface area contributed by atoms with E-state index in [0.29, 0.717) is 0 Å². The molecule has 5 unspecified atom stereocenters. The van der Waals surface area contributed by atoms with E-state index in [9.17, 15) is 24.0 Å². The molecule has 0 aliphatic carbocycles. The lowest BCUT2D eigenvalue weighted by Gasteiger charge is -2.44. The second-order valence-electron chi connectivity index (χ2n) is 7.68. The Morgan fingerprint density at radius 3 is 2.06 bits per heavy atom. The van der Waals surface area contributed by atoms with Gasteiger partial charge < -0.3 is 33.7 Å². The zero-order valence-corrected chi connectivity index (χ0v) is 19.9. The number of carbonyl (C=O) groups is 5. The Kier molecular flexibility index (Phi) is 10.6. The van der Waals surface area contributed by atoms with Crippen LogP contribution in [0, 0.1) is 0 Å². The number of amides is 1. The van der Waals surface area contributed by atoms with E-state index in [4.69, 9.17) is 28.4 Å². The fourth-order valence-electron chi connectivity index (χ4n) is 3.36. The first-order valence-electron chi connectivity index (χ1n) is 10.8. The lowest BCUT2D eigenvalue weighted by Crippen LogP contribution is -2.66. The van der Waals surface area contributed by atoms with Crippen molar-refractivity contribution in [1.29, 1.82) is 0 Å². The molecule has 0 saturated carbocycles. The molecule has 1 heterocycles. The van der Waals surface area contributed by atoms with Gasteiger partial charge in [0.15, 0.2) is 18.5 Å². The fourth-order valence-corrected chi connectivity index (χ4v) is 3.36. The minimum absolute atomic E-state index is 0.0172. The van der Waals surface area contributed by atoms with Crippen LogP contribution in [0.2, 0.25) is 0 Å². The molecule has 1 aromatic carbocycles. The minimum atomic E-state index is -1.35. The van der Waals surface area contributed by atoms with Crippen molar-refractivity contribution < 1.29 is 52.4 Å². The van der Waals surface area contributed by atoms with Crippen LogP contribution in [0.3, 0.4) is 0 Å². The number of esters is 4. The monoisotopic (exact) mass is 495 g/mol. The van der Waals surface area contributed by atoms with E-state index in [-0.39, 0.29) is 13.2 Å². The maximum absolute atomic E-state index is 12.2. The van der Waals surface area contributed by atoms with Crippen LogP contribution >= 0.6 is 0 Å². The van der Waals surface area contributed by atoms with E-state index in [1.807, 2.05) is 6.07 Å². The van der Waals surface area contributed by atoms with Crippen molar-refractivity contribution in [3.8, 4) is 0 Å². The summed E-state index contributed by atoms with van der Waals surface area (Å²) in [5.41, 5.74) is 0.770. The molecule has 0 spiro atoms. The predicted octanol–water partition coefficient (Wildman–Crippen LogP) is 0.403. The number of carbonyl (C=O) groups excluding carboxylic acids is 5. The number of ether oxygens (including phenoxy) is 6. The number of hydrogen-bond donors (Lipinski definition) is 1. The van der Waals surface area contributed by atoms with Crippen molar-refractivity contribution in [3.05, 3.63) is 35.9 Å². The van der Waals surface area contributed by atoms with E-state index in [1.165, 1.54) is 13.8 Å². The maximum atomic E-state index is 12.2. The summed E-state index contributed by atoms with van der Waals surface area (Å²) in [5.74, 6) is -3.35. The summed E-state index contributed by atoms with van der Waals surface area (Å²) in [4.78, 5) is 59.0. The van der Waals surface area contributed by atoms with Crippen LogP contribution in [0.15, 0.2) is 30.3 Å². The van der Waals surface area contributed by atoms with Crippen LogP contribution in [-0.4, -0.2) is 73.6 Å². The Labute approximate surface area is 202 Å². The normalized spacial score (nSPS) is 23.5. The predicted molar refractivity (Wildman–Crippen MR) is 116 cm³/mol. The molecule has 0 bridgehead atoms. The van der Waals surface area contributed by atoms with Crippen molar-refractivity contribution in [2.75, 3.05) is 13.2 Å². The molecule has 12 heteroatoms. The summed E-state index contributed by atoms with van der Waals surface area (Å²) in [6, 6.07) is 7.81. The number of benzene rings is 1. The van der Waals surface area contributed by atoms with Crippen LogP contribution in [-0.2, 0) is 59.0 Å². The van der Waals surface area contributed by atoms with Crippen LogP contribution in [0.4, 0.5) is 0 Å². The van der Waals surface area contributed by atoms with Crippen molar-refractivity contribution >= 4 is 29.8 Å². The molecule has 1 aliphatic rings. The highest BCUT2D eigenvalue weighted by Gasteiger charge is 2.51. The van der Waals surface area contributed by atoms with Crippen molar-refractivity contribution in [2.24, 2.45) is 0 Å². The standard InChI is InChI=1S/C23H29NO11/c1-13(25)24-20-22(34-16(4)28)21(33-15(3)27)18(11-30-14(2)26)35-23(20)32-12-19(29)31-10-17-8-6-5-7-9-17/h5-9,18,20-23H,10-12H2,1-4H3,(H,24,25). The Balaban J connectivity index is 2.21. The first-order valence-corrected chi connectivity index (χ1v) is 10.8. The summed E-state index contributed by atoms with van der Waals surface area (Å²) in [7, 11) is 0. The van der Waals surface area contributed by atoms with Gasteiger partial charge in [0, 0.05) is 27.7 Å².